The van der Waals surface area contributed by atoms with Gasteiger partial charge in [-0.05, 0) is 58.0 Å². The molecule has 2 aromatic heterocycles. The zero-order valence-electron chi connectivity index (χ0n) is 19.1. The van der Waals surface area contributed by atoms with Gasteiger partial charge in [0.1, 0.15) is 5.82 Å². The van der Waals surface area contributed by atoms with Crippen molar-refractivity contribution in [2.24, 2.45) is 0 Å². The SMILES string of the molecule is CCCCNc1ncc(-c2cc(=O)c(CN3CCCC3)c[nH]2)c(NC2CCC(O)CC2)n1. The number of hydrogen-bond acceptors (Lipinski definition) is 7. The van der Waals surface area contributed by atoms with Crippen molar-refractivity contribution in [1.29, 1.82) is 0 Å². The normalized spacial score (nSPS) is 21.6. The molecule has 4 rings (SSSR count). The number of pyridine rings is 1. The largest absolute Gasteiger partial charge is 0.393 e. The minimum Gasteiger partial charge on any atom is -0.393 e. The van der Waals surface area contributed by atoms with E-state index in [2.05, 4.69) is 32.4 Å². The van der Waals surface area contributed by atoms with E-state index in [9.17, 15) is 9.90 Å². The van der Waals surface area contributed by atoms with Crippen LogP contribution in [0.4, 0.5) is 11.8 Å². The average molecular weight is 441 g/mol. The van der Waals surface area contributed by atoms with Crippen LogP contribution in [-0.4, -0.2) is 56.7 Å². The van der Waals surface area contributed by atoms with Crippen molar-refractivity contribution in [3.05, 3.63) is 34.2 Å². The molecule has 0 bridgehead atoms. The molecule has 1 saturated heterocycles. The number of aliphatic hydroxyl groups excluding tert-OH is 1. The number of likely N-dealkylation sites (tertiary alicyclic amines) is 1. The van der Waals surface area contributed by atoms with Gasteiger partial charge in [0, 0.05) is 43.2 Å². The number of nitrogens with zero attached hydrogens (tertiary/aromatic N) is 3. The second-order valence-electron chi connectivity index (χ2n) is 9.11. The number of aromatic nitrogens is 3. The predicted octanol–water partition coefficient (Wildman–Crippen LogP) is 3.36. The van der Waals surface area contributed by atoms with E-state index < -0.39 is 0 Å². The number of rotatable bonds is 9. The van der Waals surface area contributed by atoms with Crippen LogP contribution in [0.15, 0.2) is 23.3 Å². The topological polar surface area (TPSA) is 106 Å². The van der Waals surface area contributed by atoms with Gasteiger partial charge in [-0.1, -0.05) is 13.3 Å². The van der Waals surface area contributed by atoms with Crippen LogP contribution in [0, 0.1) is 0 Å². The van der Waals surface area contributed by atoms with Gasteiger partial charge in [-0.15, -0.1) is 0 Å². The molecule has 174 valence electrons. The van der Waals surface area contributed by atoms with Crippen molar-refractivity contribution < 1.29 is 5.11 Å². The third-order valence-electron chi connectivity index (χ3n) is 6.52. The molecule has 8 nitrogen and oxygen atoms in total. The highest BCUT2D eigenvalue weighted by molar-refractivity contribution is 5.72. The maximum atomic E-state index is 12.8. The molecule has 2 aliphatic rings. The molecule has 4 N–H and O–H groups in total. The second-order valence-corrected chi connectivity index (χ2v) is 9.11. The Labute approximate surface area is 189 Å². The van der Waals surface area contributed by atoms with Crippen molar-refractivity contribution in [2.75, 3.05) is 30.3 Å². The lowest BCUT2D eigenvalue weighted by Crippen LogP contribution is -2.29. The maximum absolute atomic E-state index is 12.8. The molecule has 0 unspecified atom stereocenters. The van der Waals surface area contributed by atoms with Gasteiger partial charge >= 0.3 is 0 Å². The van der Waals surface area contributed by atoms with Crippen LogP contribution in [0.25, 0.3) is 11.3 Å². The second kappa shape index (κ2) is 10.9. The summed E-state index contributed by atoms with van der Waals surface area (Å²) in [5, 5.41) is 16.7. The third-order valence-corrected chi connectivity index (χ3v) is 6.52. The van der Waals surface area contributed by atoms with Gasteiger partial charge in [-0.25, -0.2) is 4.98 Å². The highest BCUT2D eigenvalue weighted by atomic mass is 16.3. The number of aromatic amines is 1. The van der Waals surface area contributed by atoms with E-state index in [0.717, 1.165) is 80.8 Å². The van der Waals surface area contributed by atoms with Crippen molar-refractivity contribution in [1.82, 2.24) is 19.9 Å². The van der Waals surface area contributed by atoms with Gasteiger partial charge in [0.25, 0.3) is 0 Å². The van der Waals surface area contributed by atoms with Crippen LogP contribution in [0.2, 0.25) is 0 Å². The lowest BCUT2D eigenvalue weighted by Gasteiger charge is -2.27. The maximum Gasteiger partial charge on any atom is 0.224 e. The first-order chi connectivity index (χ1) is 15.6. The van der Waals surface area contributed by atoms with Crippen molar-refractivity contribution in [2.45, 2.75) is 77.0 Å². The molecular formula is C24H36N6O2. The van der Waals surface area contributed by atoms with E-state index in [1.54, 1.807) is 12.3 Å². The van der Waals surface area contributed by atoms with Crippen LogP contribution < -0.4 is 16.1 Å². The zero-order chi connectivity index (χ0) is 22.3. The molecule has 0 aromatic carbocycles. The lowest BCUT2D eigenvalue weighted by atomic mass is 9.93. The Bertz CT molecular complexity index is 932. The van der Waals surface area contributed by atoms with Crippen LogP contribution in [0.3, 0.4) is 0 Å². The Morgan fingerprint density at radius 3 is 2.72 bits per heavy atom. The van der Waals surface area contributed by atoms with E-state index >= 15 is 0 Å². The van der Waals surface area contributed by atoms with Gasteiger partial charge in [0.2, 0.25) is 5.95 Å². The Morgan fingerprint density at radius 2 is 2.00 bits per heavy atom. The van der Waals surface area contributed by atoms with E-state index in [0.29, 0.717) is 12.5 Å². The van der Waals surface area contributed by atoms with Crippen LogP contribution in [0.1, 0.15) is 63.9 Å². The molecule has 3 heterocycles. The van der Waals surface area contributed by atoms with E-state index in [1.165, 1.54) is 12.8 Å². The number of hydrogen-bond donors (Lipinski definition) is 4. The number of H-pyrrole nitrogens is 1. The van der Waals surface area contributed by atoms with E-state index in [1.807, 2.05) is 6.20 Å². The summed E-state index contributed by atoms with van der Waals surface area (Å²) >= 11 is 0. The van der Waals surface area contributed by atoms with Gasteiger partial charge in [-0.3, -0.25) is 9.69 Å². The fourth-order valence-corrected chi connectivity index (χ4v) is 4.53. The summed E-state index contributed by atoms with van der Waals surface area (Å²) in [5.74, 6) is 1.32. The number of anilines is 2. The summed E-state index contributed by atoms with van der Waals surface area (Å²) in [6, 6.07) is 1.92. The van der Waals surface area contributed by atoms with Gasteiger partial charge < -0.3 is 20.7 Å². The first-order valence-corrected chi connectivity index (χ1v) is 12.1. The monoisotopic (exact) mass is 440 g/mol. The summed E-state index contributed by atoms with van der Waals surface area (Å²) in [6.45, 7) is 5.80. The van der Waals surface area contributed by atoms with Crippen LogP contribution in [-0.2, 0) is 6.54 Å². The zero-order valence-corrected chi connectivity index (χ0v) is 19.1. The first kappa shape index (κ1) is 22.7. The molecule has 1 aliphatic carbocycles. The highest BCUT2D eigenvalue weighted by Gasteiger charge is 2.22. The third kappa shape index (κ3) is 5.86. The fraction of sp³-hybridized carbons (Fsp3) is 0.625. The lowest BCUT2D eigenvalue weighted by molar-refractivity contribution is 0.126. The molecule has 1 saturated carbocycles. The Hall–Kier alpha value is -2.45. The molecule has 0 radical (unpaired) electrons. The quantitative estimate of drug-likeness (QED) is 0.443. The molecule has 0 spiro atoms. The summed E-state index contributed by atoms with van der Waals surface area (Å²) in [6.07, 6.45) is 11.4. The Morgan fingerprint density at radius 1 is 1.22 bits per heavy atom. The van der Waals surface area contributed by atoms with E-state index in [4.69, 9.17) is 4.98 Å². The molecule has 1 aliphatic heterocycles. The summed E-state index contributed by atoms with van der Waals surface area (Å²) in [5.41, 5.74) is 2.35. The minimum absolute atomic E-state index is 0.0440. The standard InChI is InChI=1S/C24H36N6O2/c1-2-3-10-25-24-27-15-20(23(29-24)28-18-6-8-19(31)9-7-18)21-13-22(32)17(14-26-21)16-30-11-4-5-12-30/h13-15,18-19,31H,2-12,16H2,1H3,(H,26,32)(H2,25,27,28,29). The Balaban J connectivity index is 1.56. The molecule has 0 atom stereocenters. The highest BCUT2D eigenvalue weighted by Crippen LogP contribution is 2.28. The average Bonchev–Trinajstić information content (AvgIpc) is 3.30. The molecule has 2 fully saturated rings. The van der Waals surface area contributed by atoms with Crippen LogP contribution in [0.5, 0.6) is 0 Å². The summed E-state index contributed by atoms with van der Waals surface area (Å²) in [7, 11) is 0. The molecular weight excluding hydrogens is 404 g/mol. The van der Waals surface area contributed by atoms with Crippen molar-refractivity contribution >= 4 is 11.8 Å². The first-order valence-electron chi connectivity index (χ1n) is 12.1. The van der Waals surface area contributed by atoms with Crippen molar-refractivity contribution in [3.8, 4) is 11.3 Å². The smallest absolute Gasteiger partial charge is 0.224 e. The minimum atomic E-state index is -0.205. The number of aliphatic hydroxyl groups is 1. The number of unbranched alkanes of at least 4 members (excludes halogenated alkanes) is 1. The van der Waals surface area contributed by atoms with Crippen LogP contribution >= 0.6 is 0 Å². The summed E-state index contributed by atoms with van der Waals surface area (Å²) < 4.78 is 0. The molecule has 8 heteroatoms. The van der Waals surface area contributed by atoms with Gasteiger partial charge in [0.05, 0.1) is 17.4 Å². The predicted molar refractivity (Wildman–Crippen MR) is 128 cm³/mol. The van der Waals surface area contributed by atoms with Crippen molar-refractivity contribution in [3.63, 3.8) is 0 Å². The number of nitrogens with one attached hydrogen (secondary N) is 3. The fourth-order valence-electron chi connectivity index (χ4n) is 4.53. The molecule has 2 aromatic rings. The van der Waals surface area contributed by atoms with Gasteiger partial charge in [-0.2, -0.15) is 4.98 Å². The molecule has 32 heavy (non-hydrogen) atoms. The van der Waals surface area contributed by atoms with E-state index in [-0.39, 0.29) is 17.6 Å². The Kier molecular flexibility index (Phi) is 7.76. The van der Waals surface area contributed by atoms with Gasteiger partial charge in [0.15, 0.2) is 5.43 Å². The molecule has 0 amide bonds. The summed E-state index contributed by atoms with van der Waals surface area (Å²) in [4.78, 5) is 27.7.